The first kappa shape index (κ1) is 20.4. The molecule has 0 bridgehead atoms. The second-order valence-electron chi connectivity index (χ2n) is 5.50. The largest absolute Gasteiger partial charge is 0.495 e. The molecular formula is C18H15N5O4S2. The van der Waals surface area contributed by atoms with E-state index < -0.39 is 17.6 Å². The summed E-state index contributed by atoms with van der Waals surface area (Å²) in [5, 5.41) is 14.8. The molecule has 148 valence electrons. The van der Waals surface area contributed by atoms with Crippen LogP contribution in [0.3, 0.4) is 0 Å². The maximum absolute atomic E-state index is 12.2. The number of hydrogen-bond donors (Lipinski definition) is 3. The van der Waals surface area contributed by atoms with Gasteiger partial charge in [-0.05, 0) is 23.6 Å². The van der Waals surface area contributed by atoms with Gasteiger partial charge in [-0.1, -0.05) is 30.0 Å². The van der Waals surface area contributed by atoms with E-state index in [0.717, 1.165) is 11.8 Å². The fraction of sp³-hybridized carbons (Fsp3) is 0.111. The molecule has 0 saturated heterocycles. The molecule has 1 aromatic carbocycles. The van der Waals surface area contributed by atoms with E-state index in [-0.39, 0.29) is 22.5 Å². The van der Waals surface area contributed by atoms with Crippen LogP contribution in [0.5, 0.6) is 5.75 Å². The van der Waals surface area contributed by atoms with Crippen LogP contribution in [0, 0.1) is 5.41 Å². The lowest BCUT2D eigenvalue weighted by Crippen LogP contribution is -2.43. The molecule has 0 fully saturated rings. The fourth-order valence-electron chi connectivity index (χ4n) is 2.24. The molecule has 0 aliphatic carbocycles. The average Bonchev–Trinajstić information content (AvgIpc) is 3.24. The van der Waals surface area contributed by atoms with Crippen molar-refractivity contribution in [2.75, 3.05) is 18.2 Å². The van der Waals surface area contributed by atoms with Gasteiger partial charge in [0.25, 0.3) is 11.8 Å². The van der Waals surface area contributed by atoms with Gasteiger partial charge in [0.15, 0.2) is 16.7 Å². The third-order valence-electron chi connectivity index (χ3n) is 3.54. The highest BCUT2D eigenvalue weighted by atomic mass is 32.2. The van der Waals surface area contributed by atoms with E-state index in [9.17, 15) is 14.4 Å². The Kier molecular flexibility index (Phi) is 6.52. The van der Waals surface area contributed by atoms with Crippen molar-refractivity contribution in [3.8, 4) is 5.75 Å². The lowest BCUT2D eigenvalue weighted by atomic mass is 10.3. The molecule has 0 spiro atoms. The number of carbonyl (C=O) groups excluding carboxylic acids is 3. The second kappa shape index (κ2) is 9.26. The van der Waals surface area contributed by atoms with Gasteiger partial charge in [0.05, 0.1) is 23.4 Å². The van der Waals surface area contributed by atoms with Crippen LogP contribution >= 0.6 is 23.1 Å². The number of thioether (sulfide) groups is 1. The van der Waals surface area contributed by atoms with Crippen molar-refractivity contribution in [1.29, 1.82) is 5.41 Å². The molecule has 3 amide bonds. The van der Waals surface area contributed by atoms with Gasteiger partial charge in [-0.25, -0.2) is 4.99 Å². The first-order chi connectivity index (χ1) is 14.0. The van der Waals surface area contributed by atoms with E-state index in [4.69, 9.17) is 10.1 Å². The van der Waals surface area contributed by atoms with Crippen LogP contribution in [0.25, 0.3) is 0 Å². The molecule has 0 unspecified atom stereocenters. The van der Waals surface area contributed by atoms with E-state index in [1.807, 2.05) is 0 Å². The molecule has 0 atom stereocenters. The number of nitrogens with zero attached hydrogens (tertiary/aromatic N) is 2. The van der Waals surface area contributed by atoms with Crippen molar-refractivity contribution in [2.45, 2.75) is 0 Å². The van der Waals surface area contributed by atoms with Gasteiger partial charge < -0.3 is 10.1 Å². The van der Waals surface area contributed by atoms with Crippen molar-refractivity contribution in [1.82, 2.24) is 5.32 Å². The minimum atomic E-state index is -0.720. The van der Waals surface area contributed by atoms with Gasteiger partial charge in [-0.2, -0.15) is 4.99 Å². The molecule has 29 heavy (non-hydrogen) atoms. The third kappa shape index (κ3) is 5.15. The highest BCUT2D eigenvalue weighted by molar-refractivity contribution is 8.14. The van der Waals surface area contributed by atoms with Crippen LogP contribution in [0.1, 0.15) is 9.67 Å². The molecule has 3 N–H and O–H groups in total. The van der Waals surface area contributed by atoms with E-state index >= 15 is 0 Å². The average molecular weight is 429 g/mol. The van der Waals surface area contributed by atoms with Crippen molar-refractivity contribution in [3.63, 3.8) is 0 Å². The molecule has 11 heteroatoms. The predicted octanol–water partition coefficient (Wildman–Crippen LogP) is 2.17. The number of thiophene rings is 1. The summed E-state index contributed by atoms with van der Waals surface area (Å²) in [6, 6.07) is 10.2. The normalized spacial score (nSPS) is 14.9. The number of amides is 3. The number of para-hydroxylation sites is 2. The number of amidine groups is 2. The van der Waals surface area contributed by atoms with E-state index in [1.165, 1.54) is 18.4 Å². The molecule has 0 saturated carbocycles. The second-order valence-corrected chi connectivity index (χ2v) is 7.41. The lowest BCUT2D eigenvalue weighted by molar-refractivity contribution is -0.114. The molecule has 3 rings (SSSR count). The summed E-state index contributed by atoms with van der Waals surface area (Å²) < 4.78 is 5.17. The molecule has 0 radical (unpaired) electrons. The molecule has 2 heterocycles. The maximum atomic E-state index is 12.2. The van der Waals surface area contributed by atoms with Crippen molar-refractivity contribution in [3.05, 3.63) is 46.7 Å². The van der Waals surface area contributed by atoms with Crippen LogP contribution in [-0.2, 0) is 9.59 Å². The Morgan fingerprint density at radius 2 is 2.10 bits per heavy atom. The molecule has 1 aliphatic heterocycles. The number of methoxy groups -OCH3 is 1. The van der Waals surface area contributed by atoms with E-state index in [1.54, 1.807) is 41.8 Å². The molecule has 1 aliphatic rings. The molecule has 1 aromatic heterocycles. The highest BCUT2D eigenvalue weighted by Gasteiger charge is 2.26. The SMILES string of the molecule is COc1ccccc1NC(=O)CSC1=NC(=N)C(=NC(=O)c2cccs2)C(=O)N1. The van der Waals surface area contributed by atoms with E-state index in [0.29, 0.717) is 16.3 Å². The fourth-order valence-corrected chi connectivity index (χ4v) is 3.51. The van der Waals surface area contributed by atoms with Crippen molar-refractivity contribution in [2.24, 2.45) is 9.98 Å². The van der Waals surface area contributed by atoms with Crippen LogP contribution in [0.2, 0.25) is 0 Å². The Balaban J connectivity index is 1.61. The van der Waals surface area contributed by atoms with Gasteiger partial charge in [0.2, 0.25) is 5.91 Å². The smallest absolute Gasteiger partial charge is 0.287 e. The van der Waals surface area contributed by atoms with Crippen LogP contribution in [0.15, 0.2) is 51.8 Å². The monoisotopic (exact) mass is 429 g/mol. The summed E-state index contributed by atoms with van der Waals surface area (Å²) in [5.41, 5.74) is 0.149. The molecule has 2 aromatic rings. The van der Waals surface area contributed by atoms with Crippen LogP contribution in [-0.4, -0.2) is 47.3 Å². The number of anilines is 1. The summed E-state index contributed by atoms with van der Waals surface area (Å²) >= 11 is 2.14. The Labute approximate surface area is 173 Å². The first-order valence-corrected chi connectivity index (χ1v) is 10.1. The summed E-state index contributed by atoms with van der Waals surface area (Å²) in [4.78, 5) is 44.3. The zero-order chi connectivity index (χ0) is 20.8. The number of carbonyl (C=O) groups is 3. The Morgan fingerprint density at radius 1 is 1.31 bits per heavy atom. The summed E-state index contributed by atoms with van der Waals surface area (Å²) in [7, 11) is 1.50. The maximum Gasteiger partial charge on any atom is 0.287 e. The number of rotatable bonds is 5. The zero-order valence-corrected chi connectivity index (χ0v) is 16.7. The lowest BCUT2D eigenvalue weighted by Gasteiger charge is -2.15. The zero-order valence-electron chi connectivity index (χ0n) is 15.1. The quantitative estimate of drug-likeness (QED) is 0.670. The number of aliphatic imine (C=N–C) groups is 2. The minimum Gasteiger partial charge on any atom is -0.495 e. The van der Waals surface area contributed by atoms with Crippen LogP contribution < -0.4 is 15.4 Å². The number of benzene rings is 1. The predicted molar refractivity (Wildman–Crippen MR) is 113 cm³/mol. The van der Waals surface area contributed by atoms with Crippen molar-refractivity contribution < 1.29 is 19.1 Å². The van der Waals surface area contributed by atoms with E-state index in [2.05, 4.69) is 20.6 Å². The summed E-state index contributed by atoms with van der Waals surface area (Å²) in [5.74, 6) is -1.64. The summed E-state index contributed by atoms with van der Waals surface area (Å²) in [6.45, 7) is 0. The number of hydrogen-bond acceptors (Lipinski definition) is 7. The minimum absolute atomic E-state index is 0.0506. The number of ether oxygens (including phenoxy) is 1. The topological polar surface area (TPSA) is 133 Å². The van der Waals surface area contributed by atoms with Gasteiger partial charge in [0, 0.05) is 0 Å². The van der Waals surface area contributed by atoms with Crippen LogP contribution in [0.4, 0.5) is 5.69 Å². The first-order valence-electron chi connectivity index (χ1n) is 8.19. The van der Waals surface area contributed by atoms with Gasteiger partial charge in [-0.15, -0.1) is 11.3 Å². The number of nitrogens with one attached hydrogen (secondary N) is 3. The van der Waals surface area contributed by atoms with Crippen molar-refractivity contribution >= 4 is 63.2 Å². The molecular weight excluding hydrogens is 414 g/mol. The standard InChI is InChI=1S/C18H15N5O4S2/c1-27-11-6-3-2-5-10(11)20-13(24)9-29-18-22-15(19)14(17(26)23-18)21-16(25)12-7-4-8-28-12/h2-8H,9H2,1H3,(H,20,24)(H2,19,22,23,26). The summed E-state index contributed by atoms with van der Waals surface area (Å²) in [6.07, 6.45) is 0. The van der Waals surface area contributed by atoms with Gasteiger partial charge in [0.1, 0.15) is 5.75 Å². The Morgan fingerprint density at radius 3 is 2.79 bits per heavy atom. The highest BCUT2D eigenvalue weighted by Crippen LogP contribution is 2.23. The van der Waals surface area contributed by atoms with Gasteiger partial charge in [-0.3, -0.25) is 25.1 Å². The Bertz CT molecular complexity index is 1030. The molecule has 9 nitrogen and oxygen atoms in total. The van der Waals surface area contributed by atoms with Gasteiger partial charge >= 0.3 is 0 Å². The Hall–Kier alpha value is -3.31. The third-order valence-corrected chi connectivity index (χ3v) is 5.27.